The van der Waals surface area contributed by atoms with E-state index in [4.69, 9.17) is 14.2 Å². The molecule has 0 unspecified atom stereocenters. The molecule has 3 rings (SSSR count). The lowest BCUT2D eigenvalue weighted by Crippen LogP contribution is -2.59. The van der Waals surface area contributed by atoms with Gasteiger partial charge in [-0.2, -0.15) is 5.26 Å². The average molecular weight is 259 g/mol. The molecule has 19 heavy (non-hydrogen) atoms. The fraction of sp³-hybridized carbons (Fsp3) is 0.533. The highest BCUT2D eigenvalue weighted by Crippen LogP contribution is 2.59. The van der Waals surface area contributed by atoms with Gasteiger partial charge < -0.3 is 14.2 Å². The van der Waals surface area contributed by atoms with Gasteiger partial charge in [-0.3, -0.25) is 0 Å². The highest BCUT2D eigenvalue weighted by atomic mass is 16.5. The first-order valence-electron chi connectivity index (χ1n) is 6.39. The highest BCUT2D eigenvalue weighted by molar-refractivity contribution is 5.49. The van der Waals surface area contributed by atoms with Gasteiger partial charge in [0.15, 0.2) is 11.5 Å². The zero-order valence-corrected chi connectivity index (χ0v) is 11.2. The Kier molecular flexibility index (Phi) is 2.68. The van der Waals surface area contributed by atoms with Crippen LogP contribution in [0.2, 0.25) is 0 Å². The summed E-state index contributed by atoms with van der Waals surface area (Å²) in [4.78, 5) is 0. The molecule has 1 aromatic carbocycles. The Hall–Kier alpha value is -1.73. The molecule has 2 fully saturated rings. The standard InChI is InChI=1S/C15H17NO3/c1-17-12-4-3-11(5-13(12)18-2)15(8-16)6-14(7-15)9-19-10-14/h3-5H,6-7,9-10H2,1-2H3. The van der Waals surface area contributed by atoms with Gasteiger partial charge in [-0.15, -0.1) is 0 Å². The van der Waals surface area contributed by atoms with E-state index in [0.717, 1.165) is 31.6 Å². The van der Waals surface area contributed by atoms with Crippen molar-refractivity contribution in [2.24, 2.45) is 5.41 Å². The van der Waals surface area contributed by atoms with Gasteiger partial charge in [-0.05, 0) is 30.5 Å². The van der Waals surface area contributed by atoms with Crippen molar-refractivity contribution in [2.75, 3.05) is 27.4 Å². The van der Waals surface area contributed by atoms with Crippen LogP contribution >= 0.6 is 0 Å². The Morgan fingerprint density at radius 2 is 1.84 bits per heavy atom. The van der Waals surface area contributed by atoms with E-state index in [2.05, 4.69) is 6.07 Å². The number of benzene rings is 1. The van der Waals surface area contributed by atoms with E-state index in [1.165, 1.54) is 0 Å². The van der Waals surface area contributed by atoms with Crippen LogP contribution in [0.25, 0.3) is 0 Å². The minimum Gasteiger partial charge on any atom is -0.493 e. The van der Waals surface area contributed by atoms with Gasteiger partial charge in [0.05, 0.1) is 38.9 Å². The third-order valence-corrected chi connectivity index (χ3v) is 4.32. The molecule has 1 saturated carbocycles. The number of rotatable bonds is 3. The molecule has 2 aliphatic rings. The normalized spacial score (nSPS) is 21.9. The van der Waals surface area contributed by atoms with Crippen molar-refractivity contribution in [1.29, 1.82) is 5.26 Å². The van der Waals surface area contributed by atoms with Crippen LogP contribution in [-0.4, -0.2) is 27.4 Å². The van der Waals surface area contributed by atoms with Crippen LogP contribution in [0.4, 0.5) is 0 Å². The van der Waals surface area contributed by atoms with Gasteiger partial charge in [-0.1, -0.05) is 6.07 Å². The zero-order valence-electron chi connectivity index (χ0n) is 11.2. The van der Waals surface area contributed by atoms with Gasteiger partial charge in [0.1, 0.15) is 0 Å². The SMILES string of the molecule is COc1ccc(C2(C#N)CC3(COC3)C2)cc1OC. The molecule has 1 spiro atoms. The van der Waals surface area contributed by atoms with Crippen molar-refractivity contribution >= 4 is 0 Å². The number of hydrogen-bond acceptors (Lipinski definition) is 4. The molecule has 1 aliphatic heterocycles. The molecule has 0 atom stereocenters. The maximum absolute atomic E-state index is 9.57. The van der Waals surface area contributed by atoms with Crippen LogP contribution in [0.1, 0.15) is 18.4 Å². The first-order valence-corrected chi connectivity index (χ1v) is 6.39. The number of methoxy groups -OCH3 is 2. The lowest BCUT2D eigenvalue weighted by atomic mass is 9.50. The molecule has 1 saturated heterocycles. The third-order valence-electron chi connectivity index (χ3n) is 4.32. The maximum Gasteiger partial charge on any atom is 0.161 e. The summed E-state index contributed by atoms with van der Waals surface area (Å²) in [6.45, 7) is 1.59. The van der Waals surface area contributed by atoms with Gasteiger partial charge >= 0.3 is 0 Å². The topological polar surface area (TPSA) is 51.5 Å². The van der Waals surface area contributed by atoms with Crippen LogP contribution in [0, 0.1) is 16.7 Å². The molecule has 0 aromatic heterocycles. The van der Waals surface area contributed by atoms with E-state index in [1.807, 2.05) is 18.2 Å². The molecule has 0 N–H and O–H groups in total. The molecule has 100 valence electrons. The lowest BCUT2D eigenvalue weighted by molar-refractivity contribution is -0.178. The summed E-state index contributed by atoms with van der Waals surface area (Å²) >= 11 is 0. The fourth-order valence-electron chi connectivity index (χ4n) is 3.31. The van der Waals surface area contributed by atoms with Crippen molar-refractivity contribution < 1.29 is 14.2 Å². The van der Waals surface area contributed by atoms with E-state index in [-0.39, 0.29) is 10.8 Å². The Balaban J connectivity index is 1.91. The first kappa shape index (κ1) is 12.3. The smallest absolute Gasteiger partial charge is 0.161 e. The predicted molar refractivity (Wildman–Crippen MR) is 69.3 cm³/mol. The second-order valence-electron chi connectivity index (χ2n) is 5.61. The summed E-state index contributed by atoms with van der Waals surface area (Å²) in [6.07, 6.45) is 1.76. The molecule has 1 aliphatic carbocycles. The molecule has 4 nitrogen and oxygen atoms in total. The lowest BCUT2D eigenvalue weighted by Gasteiger charge is -2.57. The van der Waals surface area contributed by atoms with Crippen LogP contribution in [0.5, 0.6) is 11.5 Å². The first-order chi connectivity index (χ1) is 9.17. The van der Waals surface area contributed by atoms with Crippen LogP contribution in [-0.2, 0) is 10.2 Å². The van der Waals surface area contributed by atoms with E-state index >= 15 is 0 Å². The molecule has 0 bridgehead atoms. The predicted octanol–water partition coefficient (Wildman–Crippen LogP) is 2.28. The summed E-state index contributed by atoms with van der Waals surface area (Å²) < 4.78 is 15.8. The molecule has 0 radical (unpaired) electrons. The zero-order chi connectivity index (χ0) is 13.5. The average Bonchev–Trinajstić information content (AvgIpc) is 2.36. The van der Waals surface area contributed by atoms with Crippen molar-refractivity contribution in [3.63, 3.8) is 0 Å². The van der Waals surface area contributed by atoms with Crippen molar-refractivity contribution in [3.8, 4) is 17.6 Å². The Morgan fingerprint density at radius 3 is 2.32 bits per heavy atom. The van der Waals surface area contributed by atoms with Gasteiger partial charge in [0.25, 0.3) is 0 Å². The van der Waals surface area contributed by atoms with Crippen LogP contribution in [0.15, 0.2) is 18.2 Å². The van der Waals surface area contributed by atoms with Gasteiger partial charge in [-0.25, -0.2) is 0 Å². The highest BCUT2D eigenvalue weighted by Gasteiger charge is 2.59. The fourth-order valence-corrected chi connectivity index (χ4v) is 3.31. The number of ether oxygens (including phenoxy) is 3. The van der Waals surface area contributed by atoms with Crippen molar-refractivity contribution in [1.82, 2.24) is 0 Å². The van der Waals surface area contributed by atoms with Crippen LogP contribution in [0.3, 0.4) is 0 Å². The Labute approximate surface area is 112 Å². The molecular weight excluding hydrogens is 242 g/mol. The summed E-state index contributed by atoms with van der Waals surface area (Å²) in [6, 6.07) is 8.26. The summed E-state index contributed by atoms with van der Waals surface area (Å²) in [7, 11) is 3.23. The minimum atomic E-state index is -0.386. The minimum absolute atomic E-state index is 0.253. The van der Waals surface area contributed by atoms with E-state index < -0.39 is 0 Å². The van der Waals surface area contributed by atoms with E-state index in [9.17, 15) is 5.26 Å². The number of hydrogen-bond donors (Lipinski definition) is 0. The number of nitriles is 1. The second kappa shape index (κ2) is 4.14. The van der Waals surface area contributed by atoms with Crippen LogP contribution < -0.4 is 9.47 Å². The number of nitrogens with zero attached hydrogens (tertiary/aromatic N) is 1. The molecule has 4 heteroatoms. The van der Waals surface area contributed by atoms with Gasteiger partial charge in [0, 0.05) is 5.41 Å². The van der Waals surface area contributed by atoms with E-state index in [1.54, 1.807) is 14.2 Å². The third kappa shape index (κ3) is 1.69. The largest absolute Gasteiger partial charge is 0.493 e. The van der Waals surface area contributed by atoms with Gasteiger partial charge in [0.2, 0.25) is 0 Å². The Morgan fingerprint density at radius 1 is 1.16 bits per heavy atom. The Bertz CT molecular complexity index is 535. The van der Waals surface area contributed by atoms with E-state index in [0.29, 0.717) is 11.5 Å². The monoisotopic (exact) mass is 259 g/mol. The molecule has 0 amide bonds. The molecular formula is C15H17NO3. The van der Waals surface area contributed by atoms with Crippen molar-refractivity contribution in [3.05, 3.63) is 23.8 Å². The second-order valence-corrected chi connectivity index (χ2v) is 5.61. The molecule has 1 aromatic rings. The molecule has 1 heterocycles. The van der Waals surface area contributed by atoms with Crippen molar-refractivity contribution in [2.45, 2.75) is 18.3 Å². The maximum atomic E-state index is 9.57. The summed E-state index contributed by atoms with van der Waals surface area (Å²) in [5, 5.41) is 9.57. The summed E-state index contributed by atoms with van der Waals surface area (Å²) in [5.41, 5.74) is 0.886. The quantitative estimate of drug-likeness (QED) is 0.835. The summed E-state index contributed by atoms with van der Waals surface area (Å²) in [5.74, 6) is 1.38.